The first-order valence-corrected chi connectivity index (χ1v) is 7.42. The van der Waals surface area contributed by atoms with Crippen LogP contribution in [-0.2, 0) is 0 Å². The Morgan fingerprint density at radius 2 is 1.74 bits per heavy atom. The van der Waals surface area contributed by atoms with Gasteiger partial charge in [0.1, 0.15) is 0 Å². The fourth-order valence-electron chi connectivity index (χ4n) is 1.89. The van der Waals surface area contributed by atoms with Gasteiger partial charge in [-0.2, -0.15) is 5.10 Å². The average molecular weight is 329 g/mol. The first-order valence-electron chi connectivity index (χ1n) is 7.01. The van der Waals surface area contributed by atoms with Crippen molar-refractivity contribution in [3.05, 3.63) is 53.6 Å². The highest BCUT2D eigenvalue weighted by atomic mass is 32.1. The molecule has 0 unspecified atom stereocenters. The van der Waals surface area contributed by atoms with Crippen molar-refractivity contribution in [1.29, 1.82) is 0 Å². The van der Waals surface area contributed by atoms with E-state index >= 15 is 0 Å². The van der Waals surface area contributed by atoms with Gasteiger partial charge >= 0.3 is 0 Å². The fraction of sp³-hybridized carbons (Fsp3) is 0.176. The molecule has 0 aliphatic carbocycles. The van der Waals surface area contributed by atoms with E-state index in [9.17, 15) is 0 Å². The molecule has 0 aliphatic heterocycles. The van der Waals surface area contributed by atoms with Gasteiger partial charge in [0.2, 0.25) is 0 Å². The lowest BCUT2D eigenvalue weighted by Gasteiger charge is -2.08. The summed E-state index contributed by atoms with van der Waals surface area (Å²) in [7, 11) is 3.19. The molecule has 0 radical (unpaired) electrons. The summed E-state index contributed by atoms with van der Waals surface area (Å²) < 4.78 is 10.4. The molecule has 0 saturated heterocycles. The maximum absolute atomic E-state index is 5.25. The summed E-state index contributed by atoms with van der Waals surface area (Å²) in [5.74, 6) is 1.32. The third-order valence-electron chi connectivity index (χ3n) is 3.10. The number of methoxy groups -OCH3 is 2. The van der Waals surface area contributed by atoms with Crippen molar-refractivity contribution < 1.29 is 9.47 Å². The highest BCUT2D eigenvalue weighted by Gasteiger charge is 2.03. The molecular weight excluding hydrogens is 310 g/mol. The van der Waals surface area contributed by atoms with E-state index in [1.54, 1.807) is 20.4 Å². The van der Waals surface area contributed by atoms with E-state index in [0.29, 0.717) is 16.6 Å². The Morgan fingerprint density at radius 3 is 2.39 bits per heavy atom. The summed E-state index contributed by atoms with van der Waals surface area (Å²) in [6, 6.07) is 13.5. The lowest BCUT2D eigenvalue weighted by Crippen LogP contribution is -2.23. The minimum atomic E-state index is 0.422. The number of benzene rings is 2. The van der Waals surface area contributed by atoms with Crippen LogP contribution < -0.4 is 20.2 Å². The monoisotopic (exact) mass is 329 g/mol. The first kappa shape index (κ1) is 16.8. The van der Waals surface area contributed by atoms with Crippen molar-refractivity contribution in [1.82, 2.24) is 5.43 Å². The Morgan fingerprint density at radius 1 is 1.04 bits per heavy atom. The summed E-state index contributed by atoms with van der Waals surface area (Å²) in [5.41, 5.74) is 5.75. The maximum Gasteiger partial charge on any atom is 0.191 e. The van der Waals surface area contributed by atoms with Crippen LogP contribution in [-0.4, -0.2) is 25.5 Å². The second-order valence-electron chi connectivity index (χ2n) is 4.80. The van der Waals surface area contributed by atoms with Gasteiger partial charge in [-0.1, -0.05) is 17.7 Å². The molecule has 0 spiro atoms. The number of aryl methyl sites for hydroxylation is 1. The van der Waals surface area contributed by atoms with Crippen LogP contribution >= 0.6 is 12.2 Å². The smallest absolute Gasteiger partial charge is 0.191 e. The van der Waals surface area contributed by atoms with Crippen LogP contribution in [0.5, 0.6) is 11.5 Å². The van der Waals surface area contributed by atoms with E-state index in [0.717, 1.165) is 11.3 Å². The molecule has 6 heteroatoms. The highest BCUT2D eigenvalue weighted by molar-refractivity contribution is 7.80. The molecule has 2 rings (SSSR count). The van der Waals surface area contributed by atoms with E-state index in [1.165, 1.54) is 5.56 Å². The van der Waals surface area contributed by atoms with Gasteiger partial charge < -0.3 is 14.8 Å². The van der Waals surface area contributed by atoms with E-state index in [1.807, 2.05) is 49.4 Å². The third kappa shape index (κ3) is 4.96. The summed E-state index contributed by atoms with van der Waals surface area (Å²) >= 11 is 5.19. The topological polar surface area (TPSA) is 54.9 Å². The van der Waals surface area contributed by atoms with Crippen molar-refractivity contribution in [3.8, 4) is 11.5 Å². The highest BCUT2D eigenvalue weighted by Crippen LogP contribution is 2.26. The van der Waals surface area contributed by atoms with Gasteiger partial charge in [-0.25, -0.2) is 0 Å². The molecule has 120 valence electrons. The first-order chi connectivity index (χ1) is 11.1. The molecule has 0 fully saturated rings. The van der Waals surface area contributed by atoms with Crippen molar-refractivity contribution in [2.75, 3.05) is 19.5 Å². The van der Waals surface area contributed by atoms with Gasteiger partial charge in [0, 0.05) is 5.69 Å². The molecule has 23 heavy (non-hydrogen) atoms. The normalized spacial score (nSPS) is 10.4. The van der Waals surface area contributed by atoms with E-state index in [2.05, 4.69) is 15.8 Å². The van der Waals surface area contributed by atoms with E-state index < -0.39 is 0 Å². The zero-order valence-corrected chi connectivity index (χ0v) is 14.1. The van der Waals surface area contributed by atoms with Crippen molar-refractivity contribution >= 4 is 29.2 Å². The van der Waals surface area contributed by atoms with Gasteiger partial charge in [-0.3, -0.25) is 5.43 Å². The van der Waals surface area contributed by atoms with Crippen LogP contribution in [0.25, 0.3) is 0 Å². The zero-order chi connectivity index (χ0) is 16.7. The molecule has 0 aliphatic rings. The second kappa shape index (κ2) is 8.14. The lowest BCUT2D eigenvalue weighted by atomic mass is 10.2. The van der Waals surface area contributed by atoms with Gasteiger partial charge in [0.25, 0.3) is 0 Å². The Bertz CT molecular complexity index is 699. The number of thiocarbonyl (C=S) groups is 1. The fourth-order valence-corrected chi connectivity index (χ4v) is 2.07. The van der Waals surface area contributed by atoms with Gasteiger partial charge in [-0.05, 0) is 55.0 Å². The number of anilines is 1. The molecule has 0 aromatic heterocycles. The number of hydrogen-bond donors (Lipinski definition) is 2. The SMILES string of the molecule is COc1ccc(C=NNC(=S)Nc2ccc(C)cc2)cc1OC. The van der Waals surface area contributed by atoms with Crippen molar-refractivity contribution in [3.63, 3.8) is 0 Å². The van der Waals surface area contributed by atoms with Crippen molar-refractivity contribution in [2.45, 2.75) is 6.92 Å². The zero-order valence-electron chi connectivity index (χ0n) is 13.3. The quantitative estimate of drug-likeness (QED) is 0.501. The minimum absolute atomic E-state index is 0.422. The number of nitrogens with zero attached hydrogens (tertiary/aromatic N) is 1. The summed E-state index contributed by atoms with van der Waals surface area (Å²) in [6.07, 6.45) is 1.66. The number of rotatable bonds is 5. The summed E-state index contributed by atoms with van der Waals surface area (Å²) in [6.45, 7) is 2.04. The average Bonchev–Trinajstić information content (AvgIpc) is 2.56. The summed E-state index contributed by atoms with van der Waals surface area (Å²) in [5, 5.41) is 7.59. The molecule has 0 bridgehead atoms. The van der Waals surface area contributed by atoms with Gasteiger partial charge in [0.15, 0.2) is 16.6 Å². The van der Waals surface area contributed by atoms with Gasteiger partial charge in [-0.15, -0.1) is 0 Å². The van der Waals surface area contributed by atoms with Gasteiger partial charge in [0.05, 0.1) is 20.4 Å². The Kier molecular flexibility index (Phi) is 5.94. The Hall–Kier alpha value is -2.60. The second-order valence-corrected chi connectivity index (χ2v) is 5.21. The van der Waals surface area contributed by atoms with Crippen LogP contribution in [0.15, 0.2) is 47.6 Å². The Balaban J connectivity index is 1.93. The number of ether oxygens (including phenoxy) is 2. The van der Waals surface area contributed by atoms with E-state index in [-0.39, 0.29) is 0 Å². The largest absolute Gasteiger partial charge is 0.493 e. The molecule has 2 aromatic rings. The molecule has 0 saturated carbocycles. The molecule has 2 N–H and O–H groups in total. The third-order valence-corrected chi connectivity index (χ3v) is 3.29. The van der Waals surface area contributed by atoms with Crippen LogP contribution in [0.3, 0.4) is 0 Å². The van der Waals surface area contributed by atoms with Crippen LogP contribution in [0.2, 0.25) is 0 Å². The van der Waals surface area contributed by atoms with Crippen LogP contribution in [0.1, 0.15) is 11.1 Å². The van der Waals surface area contributed by atoms with E-state index in [4.69, 9.17) is 21.7 Å². The standard InChI is InChI=1S/C17H19N3O2S/c1-12-4-7-14(8-5-12)19-17(23)20-18-11-13-6-9-15(21-2)16(10-13)22-3/h4-11H,1-3H3,(H2,19,20,23). The molecule has 0 amide bonds. The molecule has 2 aromatic carbocycles. The predicted octanol–water partition coefficient (Wildman–Crippen LogP) is 3.33. The van der Waals surface area contributed by atoms with Crippen LogP contribution in [0.4, 0.5) is 5.69 Å². The molecule has 0 atom stereocenters. The Labute approximate surface area is 141 Å². The molecule has 5 nitrogen and oxygen atoms in total. The molecular formula is C17H19N3O2S. The predicted molar refractivity (Wildman–Crippen MR) is 97.7 cm³/mol. The van der Waals surface area contributed by atoms with Crippen LogP contribution in [0, 0.1) is 6.92 Å². The molecule has 0 heterocycles. The number of hydrazone groups is 1. The number of nitrogens with one attached hydrogen (secondary N) is 2. The number of hydrogen-bond acceptors (Lipinski definition) is 4. The lowest BCUT2D eigenvalue weighted by molar-refractivity contribution is 0.355. The maximum atomic E-state index is 5.25. The van der Waals surface area contributed by atoms with Crippen molar-refractivity contribution in [2.24, 2.45) is 5.10 Å². The summed E-state index contributed by atoms with van der Waals surface area (Å²) in [4.78, 5) is 0. The minimum Gasteiger partial charge on any atom is -0.493 e.